The van der Waals surface area contributed by atoms with E-state index >= 15 is 0 Å². The maximum atomic E-state index is 11.9. The van der Waals surface area contributed by atoms with Crippen LogP contribution in [0, 0.1) is 0 Å². The van der Waals surface area contributed by atoms with Crippen LogP contribution in [-0.2, 0) is 17.6 Å². The third-order valence-electron chi connectivity index (χ3n) is 3.66. The molecule has 3 rings (SSSR count). The van der Waals surface area contributed by atoms with Gasteiger partial charge in [0.1, 0.15) is 11.6 Å². The van der Waals surface area contributed by atoms with Crippen molar-refractivity contribution in [3.8, 4) is 0 Å². The number of aromatic nitrogens is 2. The minimum absolute atomic E-state index is 0.0120. The van der Waals surface area contributed by atoms with Crippen molar-refractivity contribution in [2.75, 3.05) is 18.5 Å². The van der Waals surface area contributed by atoms with Crippen molar-refractivity contribution >= 4 is 5.82 Å². The summed E-state index contributed by atoms with van der Waals surface area (Å²) in [5.41, 5.74) is 0.813. The molecule has 0 spiro atoms. The second-order valence-electron chi connectivity index (χ2n) is 5.06. The van der Waals surface area contributed by atoms with Gasteiger partial charge in [0.25, 0.3) is 5.56 Å². The Hall–Kier alpha value is -1.36. The summed E-state index contributed by atoms with van der Waals surface area (Å²) in [5.74, 6) is 1.52. The molecule has 0 aliphatic carbocycles. The number of aromatic amines is 1. The van der Waals surface area contributed by atoms with Gasteiger partial charge >= 0.3 is 0 Å². The second-order valence-corrected chi connectivity index (χ2v) is 5.06. The predicted molar refractivity (Wildman–Crippen MR) is 69.0 cm³/mol. The van der Waals surface area contributed by atoms with Gasteiger partial charge in [0.2, 0.25) is 0 Å². The third-order valence-corrected chi connectivity index (χ3v) is 3.66. The van der Waals surface area contributed by atoms with Crippen LogP contribution in [0.4, 0.5) is 5.82 Å². The zero-order valence-electron chi connectivity index (χ0n) is 10.5. The molecule has 2 aliphatic rings. The Balaban J connectivity index is 1.80. The zero-order valence-corrected chi connectivity index (χ0v) is 10.5. The molecule has 1 unspecified atom stereocenters. The van der Waals surface area contributed by atoms with Crippen molar-refractivity contribution < 1.29 is 4.74 Å². The van der Waals surface area contributed by atoms with E-state index in [0.717, 1.165) is 56.0 Å². The standard InChI is InChI=1S/C13H19N3O2/c17-13-10-5-3-6-14-12(10)15-11(16-13)8-9-4-1-2-7-18-9/h9H,1-8H2,(H2,14,15,16,17). The van der Waals surface area contributed by atoms with Crippen LogP contribution in [-0.4, -0.2) is 29.2 Å². The van der Waals surface area contributed by atoms with Crippen LogP contribution < -0.4 is 10.9 Å². The van der Waals surface area contributed by atoms with Crippen LogP contribution >= 0.6 is 0 Å². The summed E-state index contributed by atoms with van der Waals surface area (Å²) in [5, 5.41) is 3.21. The summed E-state index contributed by atoms with van der Waals surface area (Å²) < 4.78 is 5.68. The molecular formula is C13H19N3O2. The molecule has 3 heterocycles. The first-order valence-corrected chi connectivity index (χ1v) is 6.80. The number of hydrogen-bond acceptors (Lipinski definition) is 4. The number of anilines is 1. The highest BCUT2D eigenvalue weighted by Crippen LogP contribution is 2.18. The van der Waals surface area contributed by atoms with E-state index in [1.807, 2.05) is 0 Å². The Labute approximate surface area is 106 Å². The molecule has 0 aromatic carbocycles. The normalized spacial score (nSPS) is 23.2. The fraction of sp³-hybridized carbons (Fsp3) is 0.692. The molecule has 2 N–H and O–H groups in total. The van der Waals surface area contributed by atoms with Gasteiger partial charge < -0.3 is 15.0 Å². The highest BCUT2D eigenvalue weighted by Gasteiger charge is 2.19. The van der Waals surface area contributed by atoms with Crippen molar-refractivity contribution in [1.82, 2.24) is 9.97 Å². The fourth-order valence-electron chi connectivity index (χ4n) is 2.68. The van der Waals surface area contributed by atoms with Crippen LogP contribution in [0.5, 0.6) is 0 Å². The van der Waals surface area contributed by atoms with Crippen LogP contribution in [0.2, 0.25) is 0 Å². The Morgan fingerprint density at radius 2 is 2.28 bits per heavy atom. The first kappa shape index (κ1) is 11.7. The lowest BCUT2D eigenvalue weighted by atomic mass is 10.1. The van der Waals surface area contributed by atoms with Crippen LogP contribution in [0.15, 0.2) is 4.79 Å². The molecule has 0 amide bonds. The molecule has 1 atom stereocenters. The summed E-state index contributed by atoms with van der Waals surface area (Å²) in [4.78, 5) is 19.4. The molecule has 98 valence electrons. The van der Waals surface area contributed by atoms with Gasteiger partial charge in [-0.15, -0.1) is 0 Å². The van der Waals surface area contributed by atoms with Gasteiger partial charge in [-0.05, 0) is 32.1 Å². The van der Waals surface area contributed by atoms with Crippen molar-refractivity contribution in [3.05, 3.63) is 21.7 Å². The van der Waals surface area contributed by atoms with Gasteiger partial charge in [0, 0.05) is 19.6 Å². The van der Waals surface area contributed by atoms with Crippen LogP contribution in [0.1, 0.15) is 37.1 Å². The maximum Gasteiger partial charge on any atom is 0.256 e. The number of nitrogens with zero attached hydrogens (tertiary/aromatic N) is 1. The van der Waals surface area contributed by atoms with Crippen molar-refractivity contribution in [2.45, 2.75) is 44.6 Å². The molecule has 0 saturated carbocycles. The molecule has 5 nitrogen and oxygen atoms in total. The first-order chi connectivity index (χ1) is 8.83. The van der Waals surface area contributed by atoms with E-state index in [1.54, 1.807) is 0 Å². The Bertz CT molecular complexity index is 478. The average molecular weight is 249 g/mol. The molecular weight excluding hydrogens is 230 g/mol. The van der Waals surface area contributed by atoms with Gasteiger partial charge in [-0.3, -0.25) is 4.79 Å². The molecule has 1 aromatic heterocycles. The number of fused-ring (bicyclic) bond motifs is 1. The highest BCUT2D eigenvalue weighted by molar-refractivity contribution is 5.45. The quantitative estimate of drug-likeness (QED) is 0.827. The van der Waals surface area contributed by atoms with Gasteiger partial charge in [-0.25, -0.2) is 4.98 Å². The second kappa shape index (κ2) is 5.10. The smallest absolute Gasteiger partial charge is 0.256 e. The Morgan fingerprint density at radius 1 is 1.33 bits per heavy atom. The number of ether oxygens (including phenoxy) is 1. The first-order valence-electron chi connectivity index (χ1n) is 6.80. The van der Waals surface area contributed by atoms with E-state index in [1.165, 1.54) is 6.42 Å². The number of hydrogen-bond donors (Lipinski definition) is 2. The topological polar surface area (TPSA) is 67.0 Å². The van der Waals surface area contributed by atoms with Crippen LogP contribution in [0.25, 0.3) is 0 Å². The molecule has 2 aliphatic heterocycles. The van der Waals surface area contributed by atoms with Gasteiger partial charge in [0.15, 0.2) is 0 Å². The molecule has 0 radical (unpaired) electrons. The minimum Gasteiger partial charge on any atom is -0.378 e. The van der Waals surface area contributed by atoms with E-state index in [-0.39, 0.29) is 11.7 Å². The van der Waals surface area contributed by atoms with Crippen molar-refractivity contribution in [3.63, 3.8) is 0 Å². The molecule has 1 fully saturated rings. The zero-order chi connectivity index (χ0) is 12.4. The third kappa shape index (κ3) is 2.41. The minimum atomic E-state index is 0.0120. The highest BCUT2D eigenvalue weighted by atomic mass is 16.5. The maximum absolute atomic E-state index is 11.9. The number of rotatable bonds is 2. The Kier molecular flexibility index (Phi) is 3.32. The lowest BCUT2D eigenvalue weighted by Gasteiger charge is -2.23. The van der Waals surface area contributed by atoms with Crippen molar-refractivity contribution in [1.29, 1.82) is 0 Å². The summed E-state index contributed by atoms with van der Waals surface area (Å²) in [6.07, 6.45) is 6.17. The summed E-state index contributed by atoms with van der Waals surface area (Å²) in [7, 11) is 0. The summed E-state index contributed by atoms with van der Waals surface area (Å²) in [6, 6.07) is 0. The van der Waals surface area contributed by atoms with Crippen LogP contribution in [0.3, 0.4) is 0 Å². The lowest BCUT2D eigenvalue weighted by Crippen LogP contribution is -2.28. The van der Waals surface area contributed by atoms with E-state index in [0.29, 0.717) is 6.42 Å². The monoisotopic (exact) mass is 249 g/mol. The SMILES string of the molecule is O=c1[nH]c(CC2CCCCO2)nc2c1CCCN2. The average Bonchev–Trinajstić information content (AvgIpc) is 2.40. The largest absolute Gasteiger partial charge is 0.378 e. The van der Waals surface area contributed by atoms with E-state index in [2.05, 4.69) is 15.3 Å². The van der Waals surface area contributed by atoms with Gasteiger partial charge in [-0.1, -0.05) is 0 Å². The fourth-order valence-corrected chi connectivity index (χ4v) is 2.68. The number of nitrogens with one attached hydrogen (secondary N) is 2. The van der Waals surface area contributed by atoms with Gasteiger partial charge in [-0.2, -0.15) is 0 Å². The molecule has 1 aromatic rings. The number of H-pyrrole nitrogens is 1. The van der Waals surface area contributed by atoms with E-state index in [9.17, 15) is 4.79 Å². The van der Waals surface area contributed by atoms with E-state index < -0.39 is 0 Å². The summed E-state index contributed by atoms with van der Waals surface area (Å²) in [6.45, 7) is 1.74. The molecule has 5 heteroatoms. The molecule has 0 bridgehead atoms. The lowest BCUT2D eigenvalue weighted by molar-refractivity contribution is 0.0156. The van der Waals surface area contributed by atoms with Crippen molar-refractivity contribution in [2.24, 2.45) is 0 Å². The summed E-state index contributed by atoms with van der Waals surface area (Å²) >= 11 is 0. The molecule has 1 saturated heterocycles. The van der Waals surface area contributed by atoms with Gasteiger partial charge in [0.05, 0.1) is 11.7 Å². The predicted octanol–water partition coefficient (Wildman–Crippen LogP) is 1.24. The van der Waals surface area contributed by atoms with E-state index in [4.69, 9.17) is 4.74 Å². The molecule has 18 heavy (non-hydrogen) atoms. The Morgan fingerprint density at radius 3 is 3.11 bits per heavy atom.